The maximum Gasteiger partial charge on any atom is 0.0531 e. The van der Waals surface area contributed by atoms with Gasteiger partial charge >= 0.3 is 0 Å². The number of aliphatic hydroxyl groups is 2. The minimum atomic E-state index is 0.211. The molecular weight excluding hydrogens is 104 g/mol. The van der Waals surface area contributed by atoms with Crippen LogP contribution in [0, 0.1) is 5.92 Å². The third-order valence-corrected chi connectivity index (χ3v) is 1.38. The highest BCUT2D eigenvalue weighted by Crippen LogP contribution is 2.30. The Hall–Kier alpha value is -0.340. The van der Waals surface area contributed by atoms with Crippen LogP contribution in [0.1, 0.15) is 6.42 Å². The molecule has 1 aliphatic rings. The van der Waals surface area contributed by atoms with Crippen molar-refractivity contribution in [1.82, 2.24) is 0 Å². The topological polar surface area (TPSA) is 40.5 Å². The van der Waals surface area contributed by atoms with Gasteiger partial charge in [-0.15, -0.1) is 0 Å². The van der Waals surface area contributed by atoms with Crippen LogP contribution < -0.4 is 0 Å². The minimum absolute atomic E-state index is 0.211. The van der Waals surface area contributed by atoms with Crippen LogP contribution in [0.3, 0.4) is 0 Å². The molecule has 1 aliphatic carbocycles. The zero-order chi connectivity index (χ0) is 5.98. The van der Waals surface area contributed by atoms with E-state index in [-0.39, 0.29) is 13.2 Å². The summed E-state index contributed by atoms with van der Waals surface area (Å²) in [5, 5.41) is 16.8. The summed E-state index contributed by atoms with van der Waals surface area (Å²) >= 11 is 0. The van der Waals surface area contributed by atoms with Crippen molar-refractivity contribution >= 4 is 0 Å². The van der Waals surface area contributed by atoms with Gasteiger partial charge < -0.3 is 10.2 Å². The van der Waals surface area contributed by atoms with Gasteiger partial charge in [0.25, 0.3) is 0 Å². The summed E-state index contributed by atoms with van der Waals surface area (Å²) in [6.45, 7) is 0.428. The average molecular weight is 114 g/mol. The molecule has 0 aliphatic heterocycles. The molecule has 1 rings (SSSR count). The zero-order valence-electron chi connectivity index (χ0n) is 4.67. The smallest absolute Gasteiger partial charge is 0.0531 e. The molecule has 8 heavy (non-hydrogen) atoms. The first-order chi connectivity index (χ1) is 3.88. The van der Waals surface area contributed by atoms with Gasteiger partial charge in [0.2, 0.25) is 0 Å². The van der Waals surface area contributed by atoms with Gasteiger partial charge in [0.1, 0.15) is 0 Å². The van der Waals surface area contributed by atoms with Gasteiger partial charge in [0, 0.05) is 12.5 Å². The lowest BCUT2D eigenvalue weighted by Gasteiger charge is -1.89. The van der Waals surface area contributed by atoms with E-state index in [0.29, 0.717) is 5.92 Å². The van der Waals surface area contributed by atoms with Gasteiger partial charge in [-0.3, -0.25) is 0 Å². The molecule has 0 bridgehead atoms. The van der Waals surface area contributed by atoms with Crippen molar-refractivity contribution in [2.45, 2.75) is 6.42 Å². The predicted molar refractivity (Wildman–Crippen MR) is 30.4 cm³/mol. The van der Waals surface area contributed by atoms with E-state index in [4.69, 9.17) is 10.2 Å². The van der Waals surface area contributed by atoms with Crippen molar-refractivity contribution in [2.24, 2.45) is 5.92 Å². The quantitative estimate of drug-likeness (QED) is 0.504. The van der Waals surface area contributed by atoms with Gasteiger partial charge in [0.15, 0.2) is 0 Å². The van der Waals surface area contributed by atoms with Crippen LogP contribution in [0.2, 0.25) is 0 Å². The maximum atomic E-state index is 8.47. The molecule has 1 unspecified atom stereocenters. The molecule has 2 nitrogen and oxygen atoms in total. The van der Waals surface area contributed by atoms with Gasteiger partial charge in [-0.2, -0.15) is 0 Å². The van der Waals surface area contributed by atoms with Crippen molar-refractivity contribution in [3.05, 3.63) is 11.6 Å². The summed E-state index contributed by atoms with van der Waals surface area (Å²) in [7, 11) is 0. The summed E-state index contributed by atoms with van der Waals surface area (Å²) in [5.41, 5.74) is 1.20. The Morgan fingerprint density at radius 1 is 1.50 bits per heavy atom. The Morgan fingerprint density at radius 3 is 2.62 bits per heavy atom. The third kappa shape index (κ3) is 1.08. The highest BCUT2D eigenvalue weighted by molar-refractivity contribution is 5.28. The van der Waals surface area contributed by atoms with Crippen LogP contribution in [0.25, 0.3) is 0 Å². The van der Waals surface area contributed by atoms with E-state index in [1.165, 1.54) is 5.57 Å². The molecule has 0 heterocycles. The van der Waals surface area contributed by atoms with E-state index < -0.39 is 0 Å². The fourth-order valence-corrected chi connectivity index (χ4v) is 0.778. The number of aliphatic hydroxyl groups excluding tert-OH is 2. The first kappa shape index (κ1) is 5.79. The normalized spacial score (nSPS) is 25.2. The first-order valence-corrected chi connectivity index (χ1v) is 2.80. The lowest BCUT2D eigenvalue weighted by molar-refractivity contribution is 0.273. The number of hydrogen-bond acceptors (Lipinski definition) is 2. The molecule has 0 aromatic rings. The summed E-state index contributed by atoms with van der Waals surface area (Å²) < 4.78 is 0. The standard InChI is InChI=1S/C6H10O2/c7-2-1-5-3-6(5)4-8/h3,6-8H,1-2,4H2. The van der Waals surface area contributed by atoms with E-state index in [2.05, 4.69) is 0 Å². The van der Waals surface area contributed by atoms with Crippen molar-refractivity contribution < 1.29 is 10.2 Å². The lowest BCUT2D eigenvalue weighted by Crippen LogP contribution is -1.90. The van der Waals surface area contributed by atoms with Crippen molar-refractivity contribution in [3.63, 3.8) is 0 Å². The zero-order valence-corrected chi connectivity index (χ0v) is 4.67. The molecule has 0 fully saturated rings. The first-order valence-electron chi connectivity index (χ1n) is 2.80. The van der Waals surface area contributed by atoms with Gasteiger partial charge in [0.05, 0.1) is 6.61 Å². The molecule has 2 heteroatoms. The van der Waals surface area contributed by atoms with E-state index in [0.717, 1.165) is 6.42 Å². The second-order valence-electron chi connectivity index (χ2n) is 2.00. The average Bonchev–Trinajstić information content (AvgIpc) is 2.48. The summed E-state index contributed by atoms with van der Waals surface area (Å²) in [4.78, 5) is 0. The minimum Gasteiger partial charge on any atom is -0.396 e. The number of rotatable bonds is 3. The van der Waals surface area contributed by atoms with Gasteiger partial charge in [-0.1, -0.05) is 11.6 Å². The maximum absolute atomic E-state index is 8.47. The molecule has 0 spiro atoms. The van der Waals surface area contributed by atoms with Crippen LogP contribution in [0.4, 0.5) is 0 Å². The van der Waals surface area contributed by atoms with Crippen molar-refractivity contribution in [2.75, 3.05) is 13.2 Å². The largest absolute Gasteiger partial charge is 0.396 e. The molecule has 2 N–H and O–H groups in total. The SMILES string of the molecule is OCCC1=CC1CO. The van der Waals surface area contributed by atoms with E-state index in [1.807, 2.05) is 6.08 Å². The predicted octanol–water partition coefficient (Wildman–Crippen LogP) is -0.0827. The van der Waals surface area contributed by atoms with Crippen LogP contribution in [-0.2, 0) is 0 Å². The molecule has 46 valence electrons. The molecule has 0 saturated heterocycles. The van der Waals surface area contributed by atoms with Crippen LogP contribution in [0.15, 0.2) is 11.6 Å². The molecule has 0 aromatic carbocycles. The molecule has 1 atom stereocenters. The monoisotopic (exact) mass is 114 g/mol. The van der Waals surface area contributed by atoms with E-state index in [1.54, 1.807) is 0 Å². The fourth-order valence-electron chi connectivity index (χ4n) is 0.778. The van der Waals surface area contributed by atoms with Gasteiger partial charge in [-0.05, 0) is 6.42 Å². The Kier molecular flexibility index (Phi) is 1.65. The molecule has 0 aromatic heterocycles. The highest BCUT2D eigenvalue weighted by Gasteiger charge is 2.21. The van der Waals surface area contributed by atoms with E-state index in [9.17, 15) is 0 Å². The second kappa shape index (κ2) is 2.29. The van der Waals surface area contributed by atoms with Gasteiger partial charge in [-0.25, -0.2) is 0 Å². The Bertz CT molecular complexity index is 107. The summed E-state index contributed by atoms with van der Waals surface area (Å²) in [5.74, 6) is 0.308. The summed E-state index contributed by atoms with van der Waals surface area (Å²) in [6.07, 6.45) is 2.72. The molecule has 0 amide bonds. The second-order valence-corrected chi connectivity index (χ2v) is 2.00. The van der Waals surface area contributed by atoms with Crippen LogP contribution in [0.5, 0.6) is 0 Å². The molecular formula is C6H10O2. The fraction of sp³-hybridized carbons (Fsp3) is 0.667. The Balaban J connectivity index is 2.06. The number of hydrogen-bond donors (Lipinski definition) is 2. The van der Waals surface area contributed by atoms with Crippen molar-refractivity contribution in [1.29, 1.82) is 0 Å². The van der Waals surface area contributed by atoms with Crippen LogP contribution in [-0.4, -0.2) is 23.4 Å². The molecule has 0 radical (unpaired) electrons. The van der Waals surface area contributed by atoms with Crippen molar-refractivity contribution in [3.8, 4) is 0 Å². The Morgan fingerprint density at radius 2 is 2.25 bits per heavy atom. The van der Waals surface area contributed by atoms with Crippen LogP contribution >= 0.6 is 0 Å². The van der Waals surface area contributed by atoms with E-state index >= 15 is 0 Å². The molecule has 0 saturated carbocycles. The summed E-state index contributed by atoms with van der Waals surface area (Å²) in [6, 6.07) is 0. The lowest BCUT2D eigenvalue weighted by atomic mass is 10.2. The highest BCUT2D eigenvalue weighted by atomic mass is 16.3. The third-order valence-electron chi connectivity index (χ3n) is 1.38. The Labute approximate surface area is 48.5 Å².